The first-order valence-corrected chi connectivity index (χ1v) is 13.2. The van der Waals surface area contributed by atoms with Crippen LogP contribution in [0.15, 0.2) is 52.9 Å². The van der Waals surface area contributed by atoms with E-state index in [9.17, 15) is 14.4 Å². The van der Waals surface area contributed by atoms with Gasteiger partial charge in [0.25, 0.3) is 0 Å². The Morgan fingerprint density at radius 3 is 2.53 bits per heavy atom. The standard InChI is InChI=1S/C26H23N3O3S2/c1-13-3-7-18(14(2)9-13)27-21(30)12-33-26-28-19-8-6-17(11-20(19)34-26)29-24(31)22-15-4-5-16(10-15)23(22)25(29)32/h3-9,11,15-16,22-23H,10,12H2,1-2H3,(H,27,30)/t15-,16-,22-,23-/m0/s1. The minimum Gasteiger partial charge on any atom is -0.325 e. The molecule has 34 heavy (non-hydrogen) atoms. The summed E-state index contributed by atoms with van der Waals surface area (Å²) in [6.45, 7) is 4.00. The molecule has 6 nitrogen and oxygen atoms in total. The lowest BCUT2D eigenvalue weighted by Crippen LogP contribution is -2.32. The zero-order chi connectivity index (χ0) is 23.6. The van der Waals surface area contributed by atoms with Gasteiger partial charge in [0.1, 0.15) is 0 Å². The van der Waals surface area contributed by atoms with E-state index < -0.39 is 0 Å². The fourth-order valence-electron chi connectivity index (χ4n) is 5.52. The first-order valence-electron chi connectivity index (χ1n) is 11.4. The Bertz CT molecular complexity index is 1370. The number of amides is 3. The van der Waals surface area contributed by atoms with Crippen molar-refractivity contribution in [1.29, 1.82) is 0 Å². The Labute approximate surface area is 205 Å². The molecular weight excluding hydrogens is 466 g/mol. The van der Waals surface area contributed by atoms with Crippen LogP contribution in [0.2, 0.25) is 0 Å². The Balaban J connectivity index is 1.16. The molecule has 2 fully saturated rings. The minimum absolute atomic E-state index is 0.0756. The number of aromatic nitrogens is 1. The van der Waals surface area contributed by atoms with Gasteiger partial charge in [-0.2, -0.15) is 0 Å². The minimum atomic E-state index is -0.207. The predicted octanol–water partition coefficient (Wildman–Crippen LogP) is 4.96. The SMILES string of the molecule is Cc1ccc(NC(=O)CSc2nc3ccc(N4C(=O)[C@@H]5[C@@H](C4=O)[C@H]4C=C[C@H]5C4)cc3s2)c(C)c1. The molecule has 1 aromatic heterocycles. The predicted molar refractivity (Wildman–Crippen MR) is 135 cm³/mol. The van der Waals surface area contributed by atoms with Crippen molar-refractivity contribution in [3.63, 3.8) is 0 Å². The Hall–Kier alpha value is -2.97. The van der Waals surface area contributed by atoms with Crippen molar-refractivity contribution in [3.8, 4) is 0 Å². The summed E-state index contributed by atoms with van der Waals surface area (Å²) in [5.41, 5.74) is 4.42. The van der Waals surface area contributed by atoms with Gasteiger partial charge in [-0.15, -0.1) is 11.3 Å². The molecule has 0 unspecified atom stereocenters. The number of nitrogens with one attached hydrogen (secondary N) is 1. The molecule has 6 rings (SSSR count). The van der Waals surface area contributed by atoms with Gasteiger partial charge >= 0.3 is 0 Å². The summed E-state index contributed by atoms with van der Waals surface area (Å²) in [7, 11) is 0. The van der Waals surface area contributed by atoms with Crippen LogP contribution >= 0.6 is 23.1 Å². The first kappa shape index (κ1) is 21.6. The van der Waals surface area contributed by atoms with Crippen molar-refractivity contribution in [2.75, 3.05) is 16.0 Å². The maximum absolute atomic E-state index is 13.1. The fraction of sp³-hybridized carbons (Fsp3) is 0.308. The smallest absolute Gasteiger partial charge is 0.238 e. The van der Waals surface area contributed by atoms with Crippen LogP contribution in [0.1, 0.15) is 17.5 Å². The van der Waals surface area contributed by atoms with E-state index in [1.54, 1.807) is 6.07 Å². The van der Waals surface area contributed by atoms with E-state index in [1.165, 1.54) is 28.0 Å². The number of aryl methyl sites for hydroxylation is 2. The maximum atomic E-state index is 13.1. The molecule has 2 bridgehead atoms. The monoisotopic (exact) mass is 489 g/mol. The average molecular weight is 490 g/mol. The third kappa shape index (κ3) is 3.47. The largest absolute Gasteiger partial charge is 0.325 e. The third-order valence-electron chi connectivity index (χ3n) is 7.06. The molecule has 3 amide bonds. The van der Waals surface area contributed by atoms with Gasteiger partial charge in [-0.1, -0.05) is 41.6 Å². The van der Waals surface area contributed by atoms with E-state index in [0.29, 0.717) is 5.69 Å². The molecule has 1 saturated heterocycles. The van der Waals surface area contributed by atoms with Gasteiger partial charge in [0, 0.05) is 5.69 Å². The molecule has 2 aliphatic carbocycles. The van der Waals surface area contributed by atoms with Crippen LogP contribution in [0, 0.1) is 37.5 Å². The zero-order valence-electron chi connectivity index (χ0n) is 18.8. The molecule has 0 spiro atoms. The number of carbonyl (C=O) groups excluding carboxylic acids is 3. The van der Waals surface area contributed by atoms with Gasteiger partial charge in [-0.05, 0) is 61.9 Å². The number of fused-ring (bicyclic) bond motifs is 6. The molecule has 2 heterocycles. The van der Waals surface area contributed by atoms with Crippen LogP contribution in [0.25, 0.3) is 10.2 Å². The van der Waals surface area contributed by atoms with Gasteiger partial charge in [-0.3, -0.25) is 14.4 Å². The van der Waals surface area contributed by atoms with Crippen molar-refractivity contribution in [1.82, 2.24) is 4.98 Å². The molecule has 4 atom stereocenters. The number of nitrogens with zero attached hydrogens (tertiary/aromatic N) is 2. The van der Waals surface area contributed by atoms with Crippen LogP contribution in [-0.4, -0.2) is 28.5 Å². The highest BCUT2D eigenvalue weighted by molar-refractivity contribution is 8.01. The summed E-state index contributed by atoms with van der Waals surface area (Å²) in [4.78, 5) is 44.7. The lowest BCUT2D eigenvalue weighted by atomic mass is 9.85. The second-order valence-electron chi connectivity index (χ2n) is 9.30. The molecule has 2 aromatic carbocycles. The van der Waals surface area contributed by atoms with Crippen LogP contribution < -0.4 is 10.2 Å². The topological polar surface area (TPSA) is 79.4 Å². The third-order valence-corrected chi connectivity index (χ3v) is 9.22. The number of allylic oxidation sites excluding steroid dienone is 2. The lowest BCUT2D eigenvalue weighted by Gasteiger charge is -2.17. The second-order valence-corrected chi connectivity index (χ2v) is 11.6. The lowest BCUT2D eigenvalue weighted by molar-refractivity contribution is -0.123. The summed E-state index contributed by atoms with van der Waals surface area (Å²) in [6.07, 6.45) is 5.13. The number of imide groups is 1. The van der Waals surface area contributed by atoms with E-state index in [1.807, 2.05) is 44.2 Å². The zero-order valence-corrected chi connectivity index (χ0v) is 20.4. The molecule has 3 aliphatic rings. The van der Waals surface area contributed by atoms with Crippen molar-refractivity contribution in [2.45, 2.75) is 24.6 Å². The number of benzene rings is 2. The maximum Gasteiger partial charge on any atom is 0.238 e. The summed E-state index contributed by atoms with van der Waals surface area (Å²) < 4.78 is 1.68. The molecule has 1 aliphatic heterocycles. The Morgan fingerprint density at radius 1 is 1.09 bits per heavy atom. The highest BCUT2D eigenvalue weighted by Crippen LogP contribution is 2.53. The number of thioether (sulfide) groups is 1. The van der Waals surface area contributed by atoms with E-state index in [0.717, 1.165) is 37.8 Å². The molecule has 172 valence electrons. The number of hydrogen-bond donors (Lipinski definition) is 1. The molecule has 3 aromatic rings. The van der Waals surface area contributed by atoms with Gasteiger partial charge in [0.2, 0.25) is 17.7 Å². The van der Waals surface area contributed by atoms with E-state index in [4.69, 9.17) is 0 Å². The normalized spacial score (nSPS) is 24.9. The Kier molecular flexibility index (Phi) is 5.11. The van der Waals surface area contributed by atoms with Gasteiger partial charge in [0.15, 0.2) is 4.34 Å². The van der Waals surface area contributed by atoms with Crippen LogP contribution in [0.4, 0.5) is 11.4 Å². The molecule has 1 saturated carbocycles. The molecule has 1 N–H and O–H groups in total. The molecular formula is C26H23N3O3S2. The number of hydrogen-bond acceptors (Lipinski definition) is 6. The summed E-state index contributed by atoms with van der Waals surface area (Å²) >= 11 is 2.85. The van der Waals surface area contributed by atoms with Crippen LogP contribution in [-0.2, 0) is 14.4 Å². The number of anilines is 2. The number of thiazole rings is 1. The Morgan fingerprint density at radius 2 is 1.82 bits per heavy atom. The van der Waals surface area contributed by atoms with Crippen LogP contribution in [0.3, 0.4) is 0 Å². The van der Waals surface area contributed by atoms with Crippen molar-refractivity contribution < 1.29 is 14.4 Å². The highest BCUT2D eigenvalue weighted by Gasteiger charge is 2.59. The van der Waals surface area contributed by atoms with Crippen LogP contribution in [0.5, 0.6) is 0 Å². The molecule has 0 radical (unpaired) electrons. The van der Waals surface area contributed by atoms with E-state index >= 15 is 0 Å². The van der Waals surface area contributed by atoms with Crippen molar-refractivity contribution in [2.24, 2.45) is 23.7 Å². The highest BCUT2D eigenvalue weighted by atomic mass is 32.2. The summed E-state index contributed by atoms with van der Waals surface area (Å²) in [5, 5.41) is 2.96. The summed E-state index contributed by atoms with van der Waals surface area (Å²) in [6, 6.07) is 11.5. The van der Waals surface area contributed by atoms with Crippen molar-refractivity contribution in [3.05, 3.63) is 59.7 Å². The van der Waals surface area contributed by atoms with Gasteiger partial charge in [-0.25, -0.2) is 9.88 Å². The molecule has 8 heteroatoms. The fourth-order valence-corrected chi connectivity index (χ4v) is 7.42. The first-order chi connectivity index (χ1) is 16.4. The summed E-state index contributed by atoms with van der Waals surface area (Å²) in [5.74, 6) is -0.00476. The number of rotatable bonds is 5. The average Bonchev–Trinajstić information content (AvgIpc) is 3.57. The number of carbonyl (C=O) groups is 3. The van der Waals surface area contributed by atoms with Crippen molar-refractivity contribution >= 4 is 62.4 Å². The van der Waals surface area contributed by atoms with Gasteiger partial charge < -0.3 is 5.32 Å². The quantitative estimate of drug-likeness (QED) is 0.311. The van der Waals surface area contributed by atoms with Gasteiger partial charge in [0.05, 0.1) is 33.5 Å². The van der Waals surface area contributed by atoms with E-state index in [2.05, 4.69) is 22.5 Å². The second kappa shape index (κ2) is 8.06. The van der Waals surface area contributed by atoms with E-state index in [-0.39, 0.29) is 47.1 Å².